The fourth-order valence-corrected chi connectivity index (χ4v) is 1.47. The Balaban J connectivity index is 2.05. The van der Waals surface area contributed by atoms with Gasteiger partial charge in [0.2, 0.25) is 0 Å². The van der Waals surface area contributed by atoms with Crippen LogP contribution in [-0.2, 0) is 9.47 Å². The molecule has 12 heavy (non-hydrogen) atoms. The number of nitrogens with zero attached hydrogens (tertiary/aromatic N) is 1. The summed E-state index contributed by atoms with van der Waals surface area (Å²) in [5.74, 6) is 0.243. The van der Waals surface area contributed by atoms with Crippen molar-refractivity contribution < 1.29 is 14.3 Å². The summed E-state index contributed by atoms with van der Waals surface area (Å²) in [6.07, 6.45) is 0.744. The SMILES string of the molecule is NC1=NC(=O)OC1C1CCCO1. The van der Waals surface area contributed by atoms with E-state index >= 15 is 0 Å². The van der Waals surface area contributed by atoms with E-state index in [1.807, 2.05) is 0 Å². The molecule has 0 bridgehead atoms. The topological polar surface area (TPSA) is 73.9 Å². The summed E-state index contributed by atoms with van der Waals surface area (Å²) in [7, 11) is 0. The van der Waals surface area contributed by atoms with E-state index in [0.717, 1.165) is 12.8 Å². The van der Waals surface area contributed by atoms with Gasteiger partial charge >= 0.3 is 6.09 Å². The van der Waals surface area contributed by atoms with Crippen molar-refractivity contribution in [2.75, 3.05) is 6.61 Å². The molecule has 0 aliphatic carbocycles. The van der Waals surface area contributed by atoms with Crippen molar-refractivity contribution in [3.63, 3.8) is 0 Å². The van der Waals surface area contributed by atoms with E-state index in [-0.39, 0.29) is 11.9 Å². The molecule has 0 aromatic carbocycles. The van der Waals surface area contributed by atoms with Crippen LogP contribution in [0.15, 0.2) is 4.99 Å². The summed E-state index contributed by atoms with van der Waals surface area (Å²) in [6, 6.07) is 0. The smallest absolute Gasteiger partial charge is 0.434 e. The summed E-state index contributed by atoms with van der Waals surface area (Å²) in [5, 5.41) is 0. The lowest BCUT2D eigenvalue weighted by atomic mass is 10.1. The molecular formula is C7H10N2O3. The van der Waals surface area contributed by atoms with E-state index in [1.54, 1.807) is 0 Å². The molecular weight excluding hydrogens is 160 g/mol. The van der Waals surface area contributed by atoms with Crippen LogP contribution in [0.5, 0.6) is 0 Å². The maximum Gasteiger partial charge on any atom is 0.436 e. The van der Waals surface area contributed by atoms with Gasteiger partial charge in [0.05, 0.1) is 0 Å². The number of ether oxygens (including phenoxy) is 2. The summed E-state index contributed by atoms with van der Waals surface area (Å²) in [5.41, 5.74) is 5.47. The summed E-state index contributed by atoms with van der Waals surface area (Å²) in [4.78, 5) is 14.1. The van der Waals surface area contributed by atoms with Crippen LogP contribution < -0.4 is 5.73 Å². The standard InChI is InChI=1S/C7H10N2O3/c8-6-5(12-7(10)9-6)4-2-1-3-11-4/h4-5H,1-3H2,(H2,8,9,10). The highest BCUT2D eigenvalue weighted by atomic mass is 16.6. The molecule has 0 aromatic rings. The number of hydrogen-bond donors (Lipinski definition) is 1. The Kier molecular flexibility index (Phi) is 1.73. The number of rotatable bonds is 1. The number of aliphatic imine (C=N–C) groups is 1. The molecule has 2 unspecified atom stereocenters. The van der Waals surface area contributed by atoms with Crippen LogP contribution in [0.25, 0.3) is 0 Å². The van der Waals surface area contributed by atoms with Crippen molar-refractivity contribution in [1.82, 2.24) is 0 Å². The predicted octanol–water partition coefficient (Wildman–Crippen LogP) is 0.0414. The first-order valence-corrected chi connectivity index (χ1v) is 3.93. The highest BCUT2D eigenvalue weighted by molar-refractivity contribution is 5.99. The average Bonchev–Trinajstić information content (AvgIpc) is 2.58. The number of carbonyl (C=O) groups excluding carboxylic acids is 1. The number of nitrogens with two attached hydrogens (primary N) is 1. The second-order valence-corrected chi connectivity index (χ2v) is 2.89. The van der Waals surface area contributed by atoms with E-state index in [9.17, 15) is 4.79 Å². The monoisotopic (exact) mass is 170 g/mol. The number of carbonyl (C=O) groups is 1. The molecule has 2 heterocycles. The van der Waals surface area contributed by atoms with Crippen LogP contribution in [0.2, 0.25) is 0 Å². The van der Waals surface area contributed by atoms with E-state index in [1.165, 1.54) is 0 Å². The van der Waals surface area contributed by atoms with Crippen molar-refractivity contribution in [2.24, 2.45) is 10.7 Å². The fourth-order valence-electron chi connectivity index (χ4n) is 1.47. The second-order valence-electron chi connectivity index (χ2n) is 2.89. The van der Waals surface area contributed by atoms with Gasteiger partial charge in [-0.15, -0.1) is 0 Å². The molecule has 1 amide bonds. The molecule has 2 aliphatic rings. The molecule has 66 valence electrons. The van der Waals surface area contributed by atoms with Crippen molar-refractivity contribution in [3.8, 4) is 0 Å². The first kappa shape index (κ1) is 7.54. The minimum Gasteiger partial charge on any atom is -0.434 e. The Labute approximate surface area is 69.5 Å². The first-order valence-electron chi connectivity index (χ1n) is 3.93. The summed E-state index contributed by atoms with van der Waals surface area (Å²) in [6.45, 7) is 0.714. The Morgan fingerprint density at radius 1 is 1.58 bits per heavy atom. The van der Waals surface area contributed by atoms with E-state index in [4.69, 9.17) is 15.2 Å². The van der Waals surface area contributed by atoms with Crippen molar-refractivity contribution in [1.29, 1.82) is 0 Å². The van der Waals surface area contributed by atoms with E-state index in [0.29, 0.717) is 6.61 Å². The highest BCUT2D eigenvalue weighted by Gasteiger charge is 2.36. The Morgan fingerprint density at radius 2 is 2.42 bits per heavy atom. The van der Waals surface area contributed by atoms with Crippen molar-refractivity contribution >= 4 is 11.9 Å². The highest BCUT2D eigenvalue weighted by Crippen LogP contribution is 2.21. The van der Waals surface area contributed by atoms with Gasteiger partial charge < -0.3 is 15.2 Å². The van der Waals surface area contributed by atoms with Crippen molar-refractivity contribution in [3.05, 3.63) is 0 Å². The third-order valence-corrected chi connectivity index (χ3v) is 2.04. The predicted molar refractivity (Wildman–Crippen MR) is 40.9 cm³/mol. The molecule has 0 radical (unpaired) electrons. The van der Waals surface area contributed by atoms with Crippen molar-refractivity contribution in [2.45, 2.75) is 25.0 Å². The third-order valence-electron chi connectivity index (χ3n) is 2.04. The van der Waals surface area contributed by atoms with E-state index < -0.39 is 12.2 Å². The van der Waals surface area contributed by atoms with Crippen LogP contribution in [0, 0.1) is 0 Å². The van der Waals surface area contributed by atoms with Gasteiger partial charge in [0.15, 0.2) is 11.9 Å². The lowest BCUT2D eigenvalue weighted by Gasteiger charge is -2.15. The van der Waals surface area contributed by atoms with Gasteiger partial charge in [-0.05, 0) is 12.8 Å². The van der Waals surface area contributed by atoms with Crippen LogP contribution in [0.1, 0.15) is 12.8 Å². The minimum absolute atomic E-state index is 0.0831. The van der Waals surface area contributed by atoms with Gasteiger partial charge in [0, 0.05) is 6.61 Å². The lowest BCUT2D eigenvalue weighted by Crippen LogP contribution is -2.37. The molecule has 5 heteroatoms. The second kappa shape index (κ2) is 2.75. The normalized spacial score (nSPS) is 35.0. The van der Waals surface area contributed by atoms with Crippen LogP contribution in [-0.4, -0.2) is 30.7 Å². The molecule has 0 aromatic heterocycles. The van der Waals surface area contributed by atoms with Crippen LogP contribution in [0.4, 0.5) is 4.79 Å². The summed E-state index contributed by atoms with van der Waals surface area (Å²) >= 11 is 0. The van der Waals surface area contributed by atoms with Gasteiger partial charge in [0.1, 0.15) is 6.10 Å². The number of amidine groups is 1. The maximum atomic E-state index is 10.7. The zero-order chi connectivity index (χ0) is 8.55. The first-order chi connectivity index (χ1) is 5.77. The van der Waals surface area contributed by atoms with Gasteiger partial charge in [-0.25, -0.2) is 4.79 Å². The summed E-state index contributed by atoms with van der Waals surface area (Å²) < 4.78 is 10.2. The van der Waals surface area contributed by atoms with E-state index in [2.05, 4.69) is 4.99 Å². The molecule has 1 fully saturated rings. The molecule has 1 saturated heterocycles. The average molecular weight is 170 g/mol. The quantitative estimate of drug-likeness (QED) is 0.603. The Morgan fingerprint density at radius 3 is 2.92 bits per heavy atom. The molecule has 0 saturated carbocycles. The van der Waals surface area contributed by atoms with Gasteiger partial charge in [-0.2, -0.15) is 4.99 Å². The third kappa shape index (κ3) is 1.16. The Hall–Kier alpha value is -1.10. The molecule has 2 N–H and O–H groups in total. The number of amides is 1. The molecule has 5 nitrogen and oxygen atoms in total. The number of cyclic esters (lactones) is 1. The van der Waals surface area contributed by atoms with Gasteiger partial charge in [-0.1, -0.05) is 0 Å². The zero-order valence-electron chi connectivity index (χ0n) is 6.53. The molecule has 2 aliphatic heterocycles. The minimum atomic E-state index is -0.604. The fraction of sp³-hybridized carbons (Fsp3) is 0.714. The Bertz CT molecular complexity index is 233. The molecule has 2 rings (SSSR count). The largest absolute Gasteiger partial charge is 0.436 e. The zero-order valence-corrected chi connectivity index (χ0v) is 6.53. The number of hydrogen-bond acceptors (Lipinski definition) is 4. The lowest BCUT2D eigenvalue weighted by molar-refractivity contribution is 0.0270. The van der Waals surface area contributed by atoms with Gasteiger partial charge in [0.25, 0.3) is 0 Å². The maximum absolute atomic E-state index is 10.7. The van der Waals surface area contributed by atoms with Crippen LogP contribution >= 0.6 is 0 Å². The van der Waals surface area contributed by atoms with Crippen LogP contribution in [0.3, 0.4) is 0 Å². The molecule has 2 atom stereocenters. The van der Waals surface area contributed by atoms with Gasteiger partial charge in [-0.3, -0.25) is 0 Å². The molecule has 0 spiro atoms.